The fraction of sp³-hybridized carbons (Fsp3) is 0.333. The van der Waals surface area contributed by atoms with Crippen molar-refractivity contribution >= 4 is 11.0 Å². The van der Waals surface area contributed by atoms with Crippen molar-refractivity contribution in [2.45, 2.75) is 37.7 Å². The van der Waals surface area contributed by atoms with Crippen molar-refractivity contribution in [3.63, 3.8) is 0 Å². The summed E-state index contributed by atoms with van der Waals surface area (Å²) in [6, 6.07) is 7.13. The van der Waals surface area contributed by atoms with Crippen LogP contribution in [0, 0.1) is 12.7 Å². The van der Waals surface area contributed by atoms with Crippen LogP contribution in [0.3, 0.4) is 0 Å². The van der Waals surface area contributed by atoms with Gasteiger partial charge in [0.15, 0.2) is 0 Å². The average molecular weight is 343 g/mol. The Labute approximate surface area is 143 Å². The zero-order chi connectivity index (χ0) is 17.6. The van der Waals surface area contributed by atoms with E-state index in [0.29, 0.717) is 17.8 Å². The summed E-state index contributed by atoms with van der Waals surface area (Å²) in [6.45, 7) is 1.90. The van der Waals surface area contributed by atoms with Gasteiger partial charge in [0.25, 0.3) is 0 Å². The van der Waals surface area contributed by atoms with E-state index in [-0.39, 0.29) is 11.9 Å². The summed E-state index contributed by atoms with van der Waals surface area (Å²) in [5, 5.41) is 21.8. The number of halogens is 1. The minimum absolute atomic E-state index is 0.355. The molecule has 0 aliphatic heterocycles. The van der Waals surface area contributed by atoms with Gasteiger partial charge >= 0.3 is 0 Å². The van der Waals surface area contributed by atoms with Crippen LogP contribution in [0.25, 0.3) is 11.0 Å². The largest absolute Gasteiger partial charge is 0.488 e. The minimum Gasteiger partial charge on any atom is -0.488 e. The molecule has 0 spiro atoms. The quantitative estimate of drug-likeness (QED) is 0.760. The summed E-state index contributed by atoms with van der Waals surface area (Å²) in [6.07, 6.45) is 1.11. The van der Waals surface area contributed by atoms with Crippen molar-refractivity contribution in [3.8, 4) is 5.75 Å². The number of aliphatic hydroxyl groups is 2. The molecule has 0 unspecified atom stereocenters. The molecule has 6 nitrogen and oxygen atoms in total. The number of aliphatic hydroxyl groups excluding tert-OH is 2. The molecule has 0 bridgehead atoms. The maximum Gasteiger partial charge on any atom is 0.143 e. The number of hydrogen-bond acceptors (Lipinski definition) is 5. The Balaban J connectivity index is 1.61. The number of nitrogens with zero attached hydrogens (tertiary/aromatic N) is 3. The molecule has 130 valence electrons. The Morgan fingerprint density at radius 3 is 2.64 bits per heavy atom. The van der Waals surface area contributed by atoms with Gasteiger partial charge in [0.05, 0.1) is 11.7 Å². The molecule has 2 heterocycles. The predicted octanol–water partition coefficient (Wildman–Crippen LogP) is 1.99. The smallest absolute Gasteiger partial charge is 0.143 e. The molecule has 2 aromatic heterocycles. The van der Waals surface area contributed by atoms with Gasteiger partial charge in [-0.15, -0.1) is 0 Å². The van der Waals surface area contributed by atoms with Crippen molar-refractivity contribution in [2.24, 2.45) is 0 Å². The van der Waals surface area contributed by atoms with Crippen LogP contribution in [0.4, 0.5) is 4.39 Å². The number of rotatable bonds is 3. The molecule has 1 fully saturated rings. The van der Waals surface area contributed by atoms with Gasteiger partial charge in [-0.05, 0) is 37.3 Å². The first-order valence-electron chi connectivity index (χ1n) is 8.11. The maximum atomic E-state index is 13.0. The second-order valence-corrected chi connectivity index (χ2v) is 6.31. The second-order valence-electron chi connectivity index (χ2n) is 6.31. The molecular formula is C18H18FN3O3. The number of benzene rings is 1. The van der Waals surface area contributed by atoms with Gasteiger partial charge in [0, 0.05) is 18.0 Å². The number of hydrogen-bond donors (Lipinski definition) is 2. The number of aromatic nitrogens is 3. The van der Waals surface area contributed by atoms with Gasteiger partial charge in [-0.25, -0.2) is 14.4 Å². The Hall–Kier alpha value is -2.51. The summed E-state index contributed by atoms with van der Waals surface area (Å²) < 4.78 is 20.6. The number of aryl methyl sites for hydroxylation is 1. The van der Waals surface area contributed by atoms with Gasteiger partial charge in [-0.2, -0.15) is 0 Å². The number of ether oxygens (including phenoxy) is 1. The third-order valence-electron chi connectivity index (χ3n) is 4.77. The van der Waals surface area contributed by atoms with Crippen molar-refractivity contribution < 1.29 is 19.3 Å². The number of fused-ring (bicyclic) bond motifs is 1. The zero-order valence-electron chi connectivity index (χ0n) is 13.6. The van der Waals surface area contributed by atoms with E-state index in [1.807, 2.05) is 23.8 Å². The van der Waals surface area contributed by atoms with Gasteiger partial charge < -0.3 is 19.5 Å². The SMILES string of the molecule is Cc1ncnc2c1ccn2[C@@H]1C[C@H](Oc2ccc(F)cc2)[C@@H](O)[C@H]1O. The molecule has 4 atom stereocenters. The monoisotopic (exact) mass is 343 g/mol. The molecule has 1 aromatic carbocycles. The molecule has 2 N–H and O–H groups in total. The van der Waals surface area contributed by atoms with E-state index in [4.69, 9.17) is 4.74 Å². The van der Waals surface area contributed by atoms with Crippen molar-refractivity contribution in [1.29, 1.82) is 0 Å². The molecule has 1 saturated carbocycles. The van der Waals surface area contributed by atoms with E-state index in [9.17, 15) is 14.6 Å². The van der Waals surface area contributed by atoms with Gasteiger partial charge in [-0.1, -0.05) is 0 Å². The van der Waals surface area contributed by atoms with E-state index in [2.05, 4.69) is 9.97 Å². The average Bonchev–Trinajstić information content (AvgIpc) is 3.14. The van der Waals surface area contributed by atoms with Gasteiger partial charge in [-0.3, -0.25) is 0 Å². The first-order chi connectivity index (χ1) is 12.0. The van der Waals surface area contributed by atoms with Crippen LogP contribution in [0.1, 0.15) is 18.2 Å². The van der Waals surface area contributed by atoms with Crippen LogP contribution in [-0.2, 0) is 0 Å². The molecule has 0 amide bonds. The Kier molecular flexibility index (Phi) is 3.89. The van der Waals surface area contributed by atoms with E-state index >= 15 is 0 Å². The lowest BCUT2D eigenvalue weighted by Gasteiger charge is -2.18. The summed E-state index contributed by atoms with van der Waals surface area (Å²) in [5.74, 6) is 0.0972. The van der Waals surface area contributed by atoms with E-state index in [1.54, 1.807) is 0 Å². The van der Waals surface area contributed by atoms with E-state index < -0.39 is 18.3 Å². The fourth-order valence-corrected chi connectivity index (χ4v) is 3.41. The van der Waals surface area contributed by atoms with E-state index in [1.165, 1.54) is 30.6 Å². The van der Waals surface area contributed by atoms with Crippen molar-refractivity contribution in [1.82, 2.24) is 14.5 Å². The van der Waals surface area contributed by atoms with Crippen molar-refractivity contribution in [3.05, 3.63) is 54.4 Å². The standard InChI is InChI=1S/C18H18FN3O3/c1-10-13-6-7-22(18(13)21-9-20-10)14-8-15(17(24)16(14)23)25-12-4-2-11(19)3-5-12/h2-7,9,14-17,23-24H,8H2,1H3/t14-,15+,16+,17-/m1/s1. The van der Waals surface area contributed by atoms with Crippen LogP contribution < -0.4 is 4.74 Å². The summed E-state index contributed by atoms with van der Waals surface area (Å²) in [4.78, 5) is 8.47. The lowest BCUT2D eigenvalue weighted by atomic mass is 10.2. The summed E-state index contributed by atoms with van der Waals surface area (Å²) >= 11 is 0. The van der Waals surface area contributed by atoms with Crippen LogP contribution >= 0.6 is 0 Å². The topological polar surface area (TPSA) is 80.4 Å². The lowest BCUT2D eigenvalue weighted by Crippen LogP contribution is -2.34. The third-order valence-corrected chi connectivity index (χ3v) is 4.77. The highest BCUT2D eigenvalue weighted by Crippen LogP contribution is 2.35. The highest BCUT2D eigenvalue weighted by atomic mass is 19.1. The molecular weight excluding hydrogens is 325 g/mol. The highest BCUT2D eigenvalue weighted by molar-refractivity contribution is 5.78. The van der Waals surface area contributed by atoms with Gasteiger partial charge in [0.1, 0.15) is 41.9 Å². The lowest BCUT2D eigenvalue weighted by molar-refractivity contribution is -0.0163. The van der Waals surface area contributed by atoms with Gasteiger partial charge in [0.2, 0.25) is 0 Å². The van der Waals surface area contributed by atoms with Crippen LogP contribution in [0.15, 0.2) is 42.9 Å². The van der Waals surface area contributed by atoms with Crippen LogP contribution in [-0.4, -0.2) is 43.1 Å². The molecule has 3 aromatic rings. The van der Waals surface area contributed by atoms with Crippen LogP contribution in [0.5, 0.6) is 5.75 Å². The predicted molar refractivity (Wildman–Crippen MR) is 88.7 cm³/mol. The molecule has 7 heteroatoms. The highest BCUT2D eigenvalue weighted by Gasteiger charge is 2.44. The first-order valence-corrected chi connectivity index (χ1v) is 8.11. The Morgan fingerprint density at radius 1 is 1.12 bits per heavy atom. The molecule has 0 saturated heterocycles. The molecule has 25 heavy (non-hydrogen) atoms. The Morgan fingerprint density at radius 2 is 1.88 bits per heavy atom. The Bertz CT molecular complexity index is 896. The molecule has 1 aliphatic rings. The maximum absolute atomic E-state index is 13.0. The molecule has 0 radical (unpaired) electrons. The fourth-order valence-electron chi connectivity index (χ4n) is 3.41. The first kappa shape index (κ1) is 16.0. The zero-order valence-corrected chi connectivity index (χ0v) is 13.6. The summed E-state index contributed by atoms with van der Waals surface area (Å²) in [5.41, 5.74) is 1.57. The minimum atomic E-state index is -1.05. The van der Waals surface area contributed by atoms with Crippen LogP contribution in [0.2, 0.25) is 0 Å². The third kappa shape index (κ3) is 2.75. The van der Waals surface area contributed by atoms with Crippen molar-refractivity contribution in [2.75, 3.05) is 0 Å². The normalized spacial score (nSPS) is 26.2. The summed E-state index contributed by atoms with van der Waals surface area (Å²) in [7, 11) is 0. The molecule has 1 aliphatic carbocycles. The molecule has 4 rings (SSSR count). The van der Waals surface area contributed by atoms with E-state index in [0.717, 1.165) is 11.1 Å². The second kappa shape index (κ2) is 6.09.